The second-order valence-electron chi connectivity index (χ2n) is 7.60. The number of anilines is 1. The molecule has 35 heavy (non-hydrogen) atoms. The number of carbonyl (C=O) groups excluding carboxylic acids is 3. The number of hydrogen-bond acceptors (Lipinski definition) is 7. The summed E-state index contributed by atoms with van der Waals surface area (Å²) in [6, 6.07) is 12.0. The van der Waals surface area contributed by atoms with E-state index in [0.717, 1.165) is 34.0 Å². The van der Waals surface area contributed by atoms with Gasteiger partial charge in [-0.25, -0.2) is 4.98 Å². The fourth-order valence-corrected chi connectivity index (χ4v) is 4.22. The van der Waals surface area contributed by atoms with Gasteiger partial charge in [0.25, 0.3) is 17.0 Å². The van der Waals surface area contributed by atoms with Gasteiger partial charge in [0.05, 0.1) is 11.1 Å². The average Bonchev–Trinajstić information content (AvgIpc) is 3.06. The number of aryl methyl sites for hydroxylation is 2. The summed E-state index contributed by atoms with van der Waals surface area (Å²) in [6.07, 6.45) is 2.38. The number of imide groups is 1. The van der Waals surface area contributed by atoms with Gasteiger partial charge in [-0.2, -0.15) is 9.37 Å². The SMILES string of the molecule is Cc1ccc(NC(=O)CN2C(=O)S/C(=C/c3cccc(Oc4nc(Cl)ncc4F)c3)C2=O)c(C)c1. The zero-order valence-corrected chi connectivity index (χ0v) is 20.1. The minimum absolute atomic E-state index is 0.141. The van der Waals surface area contributed by atoms with Crippen molar-refractivity contribution in [2.45, 2.75) is 13.8 Å². The number of benzene rings is 2. The van der Waals surface area contributed by atoms with Gasteiger partial charge in [-0.05, 0) is 72.6 Å². The van der Waals surface area contributed by atoms with E-state index in [1.165, 1.54) is 12.1 Å². The smallest absolute Gasteiger partial charge is 0.294 e. The molecule has 1 aliphatic rings. The monoisotopic (exact) mass is 512 g/mol. The van der Waals surface area contributed by atoms with Crippen LogP contribution in [0.5, 0.6) is 11.6 Å². The van der Waals surface area contributed by atoms with E-state index in [0.29, 0.717) is 11.3 Å². The summed E-state index contributed by atoms with van der Waals surface area (Å²) in [5, 5.41) is 2.00. The van der Waals surface area contributed by atoms with Gasteiger partial charge < -0.3 is 10.1 Å². The van der Waals surface area contributed by atoms with Crippen LogP contribution in [0, 0.1) is 19.7 Å². The van der Waals surface area contributed by atoms with Crippen molar-refractivity contribution in [1.82, 2.24) is 14.9 Å². The highest BCUT2D eigenvalue weighted by molar-refractivity contribution is 8.18. The molecule has 4 rings (SSSR count). The molecule has 0 bridgehead atoms. The minimum atomic E-state index is -0.792. The van der Waals surface area contributed by atoms with Gasteiger partial charge in [0.2, 0.25) is 17.0 Å². The van der Waals surface area contributed by atoms with Crippen LogP contribution in [-0.2, 0) is 9.59 Å². The first kappa shape index (κ1) is 24.4. The highest BCUT2D eigenvalue weighted by atomic mass is 35.5. The predicted molar refractivity (Wildman–Crippen MR) is 131 cm³/mol. The molecule has 1 aliphatic heterocycles. The molecule has 1 aromatic heterocycles. The van der Waals surface area contributed by atoms with Gasteiger partial charge in [0, 0.05) is 5.69 Å². The highest BCUT2D eigenvalue weighted by Gasteiger charge is 2.36. The van der Waals surface area contributed by atoms with Crippen LogP contribution in [-0.4, -0.2) is 38.5 Å². The fourth-order valence-electron chi connectivity index (χ4n) is 3.26. The zero-order chi connectivity index (χ0) is 25.1. The van der Waals surface area contributed by atoms with Crippen LogP contribution in [0.4, 0.5) is 14.9 Å². The molecule has 178 valence electrons. The van der Waals surface area contributed by atoms with Crippen molar-refractivity contribution in [2.75, 3.05) is 11.9 Å². The van der Waals surface area contributed by atoms with E-state index < -0.39 is 29.4 Å². The van der Waals surface area contributed by atoms with Gasteiger partial charge in [0.15, 0.2) is 0 Å². The Morgan fingerprint density at radius 1 is 1.23 bits per heavy atom. The van der Waals surface area contributed by atoms with Crippen molar-refractivity contribution in [1.29, 1.82) is 0 Å². The number of carbonyl (C=O) groups is 3. The number of ether oxygens (including phenoxy) is 1. The average molecular weight is 513 g/mol. The Balaban J connectivity index is 1.46. The van der Waals surface area contributed by atoms with Gasteiger partial charge in [-0.1, -0.05) is 29.8 Å². The number of aromatic nitrogens is 2. The third kappa shape index (κ3) is 5.84. The summed E-state index contributed by atoms with van der Waals surface area (Å²) in [4.78, 5) is 45.9. The molecule has 0 saturated carbocycles. The Labute approximate surface area is 209 Å². The standard InChI is InChI=1S/C24H18ClFN4O4S/c1-13-6-7-18(14(2)8-13)28-20(31)12-30-22(32)19(35-24(30)33)10-15-4-3-5-16(9-15)34-21-17(26)11-27-23(25)29-21/h3-11H,12H2,1-2H3,(H,28,31)/b19-10+. The lowest BCUT2D eigenvalue weighted by atomic mass is 10.1. The van der Waals surface area contributed by atoms with Crippen molar-refractivity contribution < 1.29 is 23.5 Å². The molecule has 1 fully saturated rings. The van der Waals surface area contributed by atoms with Crippen molar-refractivity contribution in [3.63, 3.8) is 0 Å². The maximum absolute atomic E-state index is 13.9. The van der Waals surface area contributed by atoms with Crippen molar-refractivity contribution in [3.05, 3.63) is 81.4 Å². The molecule has 0 radical (unpaired) electrons. The summed E-state index contributed by atoms with van der Waals surface area (Å²) in [5.74, 6) is -1.98. The van der Waals surface area contributed by atoms with Crippen LogP contribution in [0.25, 0.3) is 6.08 Å². The van der Waals surface area contributed by atoms with E-state index >= 15 is 0 Å². The molecule has 0 unspecified atom stereocenters. The Hall–Kier alpha value is -3.76. The van der Waals surface area contributed by atoms with Crippen LogP contribution in [0.3, 0.4) is 0 Å². The maximum Gasteiger partial charge on any atom is 0.294 e. The molecular weight excluding hydrogens is 495 g/mol. The third-order valence-electron chi connectivity index (χ3n) is 4.88. The van der Waals surface area contributed by atoms with E-state index in [4.69, 9.17) is 16.3 Å². The topological polar surface area (TPSA) is 101 Å². The number of nitrogens with one attached hydrogen (secondary N) is 1. The van der Waals surface area contributed by atoms with Crippen LogP contribution >= 0.6 is 23.4 Å². The predicted octanol–water partition coefficient (Wildman–Crippen LogP) is 5.35. The normalized spacial score (nSPS) is 14.5. The minimum Gasteiger partial charge on any atom is -0.436 e. The molecule has 11 heteroatoms. The van der Waals surface area contributed by atoms with Gasteiger partial charge in [-0.15, -0.1) is 0 Å². The summed E-state index contributed by atoms with van der Waals surface area (Å²) < 4.78 is 19.3. The second kappa shape index (κ2) is 10.2. The lowest BCUT2D eigenvalue weighted by molar-refractivity contribution is -0.127. The van der Waals surface area contributed by atoms with E-state index in [2.05, 4.69) is 15.3 Å². The van der Waals surface area contributed by atoms with Crippen LogP contribution in [0.2, 0.25) is 5.28 Å². The first-order valence-corrected chi connectivity index (χ1v) is 11.5. The molecule has 0 aliphatic carbocycles. The molecule has 3 amide bonds. The lowest BCUT2D eigenvalue weighted by Gasteiger charge is -2.14. The third-order valence-corrected chi connectivity index (χ3v) is 5.97. The summed E-state index contributed by atoms with van der Waals surface area (Å²) >= 11 is 6.41. The number of hydrogen-bond donors (Lipinski definition) is 1. The highest BCUT2D eigenvalue weighted by Crippen LogP contribution is 2.33. The quantitative estimate of drug-likeness (QED) is 0.350. The van der Waals surface area contributed by atoms with Crippen molar-refractivity contribution in [3.8, 4) is 11.6 Å². The Bertz CT molecular complexity index is 1380. The molecular formula is C24H18ClFN4O4S. The van der Waals surface area contributed by atoms with E-state index in [1.54, 1.807) is 24.3 Å². The molecule has 0 atom stereocenters. The number of halogens is 2. The Kier molecular flexibility index (Phi) is 7.13. The van der Waals surface area contributed by atoms with E-state index in [1.807, 2.05) is 26.0 Å². The molecule has 1 saturated heterocycles. The number of amides is 3. The van der Waals surface area contributed by atoms with Crippen molar-refractivity contribution in [2.24, 2.45) is 0 Å². The van der Waals surface area contributed by atoms with Crippen LogP contribution in [0.1, 0.15) is 16.7 Å². The first-order chi connectivity index (χ1) is 16.7. The van der Waals surface area contributed by atoms with Gasteiger partial charge >= 0.3 is 0 Å². The molecule has 2 aromatic carbocycles. The fraction of sp³-hybridized carbons (Fsp3) is 0.125. The number of rotatable bonds is 6. The van der Waals surface area contributed by atoms with Crippen molar-refractivity contribution >= 4 is 52.2 Å². The number of nitrogens with zero attached hydrogens (tertiary/aromatic N) is 3. The Morgan fingerprint density at radius 3 is 2.80 bits per heavy atom. The first-order valence-electron chi connectivity index (χ1n) is 10.3. The zero-order valence-electron chi connectivity index (χ0n) is 18.5. The molecule has 2 heterocycles. The molecule has 1 N–H and O–H groups in total. The molecule has 8 nitrogen and oxygen atoms in total. The van der Waals surface area contributed by atoms with E-state index in [9.17, 15) is 18.8 Å². The van der Waals surface area contributed by atoms with Crippen LogP contribution < -0.4 is 10.1 Å². The van der Waals surface area contributed by atoms with Gasteiger partial charge in [-0.3, -0.25) is 19.3 Å². The molecule has 3 aromatic rings. The second-order valence-corrected chi connectivity index (χ2v) is 8.93. The molecule has 0 spiro atoms. The number of thioether (sulfide) groups is 1. The summed E-state index contributed by atoms with van der Waals surface area (Å²) in [6.45, 7) is 3.39. The lowest BCUT2D eigenvalue weighted by Crippen LogP contribution is -2.36. The largest absolute Gasteiger partial charge is 0.436 e. The van der Waals surface area contributed by atoms with Gasteiger partial charge in [0.1, 0.15) is 12.3 Å². The van der Waals surface area contributed by atoms with Crippen LogP contribution in [0.15, 0.2) is 53.6 Å². The summed E-state index contributed by atoms with van der Waals surface area (Å²) in [7, 11) is 0. The Morgan fingerprint density at radius 2 is 2.03 bits per heavy atom. The summed E-state index contributed by atoms with van der Waals surface area (Å²) in [5.41, 5.74) is 3.06. The van der Waals surface area contributed by atoms with E-state index in [-0.39, 0.29) is 21.8 Å². The maximum atomic E-state index is 13.9.